The number of carbonyl (C=O) groups excluding carboxylic acids is 1. The van der Waals surface area contributed by atoms with Crippen molar-refractivity contribution >= 4 is 5.91 Å². The topological polar surface area (TPSA) is 102 Å². The molecule has 0 aromatic heterocycles. The van der Waals surface area contributed by atoms with E-state index >= 15 is 0 Å². The van der Waals surface area contributed by atoms with Gasteiger partial charge < -0.3 is 5.73 Å². The average molecular weight is 185 g/mol. The molecule has 72 valence electrons. The minimum Gasteiger partial charge on any atom is -0.369 e. The van der Waals surface area contributed by atoms with Gasteiger partial charge in [0.05, 0.1) is 0 Å². The van der Waals surface area contributed by atoms with E-state index in [-0.39, 0.29) is 12.3 Å². The maximum absolute atomic E-state index is 10.8. The first kappa shape index (κ1) is 9.76. The Balaban J connectivity index is 2.62. The fourth-order valence-corrected chi connectivity index (χ4v) is 1.63. The van der Waals surface area contributed by atoms with Crippen LogP contribution >= 0.6 is 0 Å². The summed E-state index contributed by atoms with van der Waals surface area (Å²) in [7, 11) is 0. The number of amides is 1. The first-order chi connectivity index (χ1) is 6.19. The molecule has 0 spiro atoms. The normalized spacial score (nSPS) is 33.7. The number of nitrogens with zero attached hydrogens (tertiary/aromatic N) is 2. The second-order valence-corrected chi connectivity index (χ2v) is 3.26. The lowest BCUT2D eigenvalue weighted by Gasteiger charge is -2.25. The van der Waals surface area contributed by atoms with Crippen molar-refractivity contribution in [2.75, 3.05) is 0 Å². The molecule has 0 aromatic rings. The Morgan fingerprint density at radius 3 is 2.23 bits per heavy atom. The lowest BCUT2D eigenvalue weighted by molar-refractivity contribution is -0.122. The Labute approximate surface area is 74.8 Å². The third-order valence-electron chi connectivity index (χ3n) is 2.45. The zero-order valence-corrected chi connectivity index (χ0v) is 7.05. The number of nitrogens with two attached hydrogens (primary N) is 1. The maximum Gasteiger partial charge on any atom is 0.220 e. The molecule has 0 radical (unpaired) electrons. The van der Waals surface area contributed by atoms with Gasteiger partial charge in [0.25, 0.3) is 0 Å². The largest absolute Gasteiger partial charge is 0.369 e. The highest BCUT2D eigenvalue weighted by Gasteiger charge is 2.34. The zero-order valence-electron chi connectivity index (χ0n) is 7.05. The van der Waals surface area contributed by atoms with E-state index in [4.69, 9.17) is 5.73 Å². The summed E-state index contributed by atoms with van der Waals surface area (Å²) in [6.45, 7) is 0. The van der Waals surface area contributed by atoms with E-state index < -0.39 is 18.0 Å². The summed E-state index contributed by atoms with van der Waals surface area (Å²) in [5.41, 5.74) is 5.08. The Bertz CT molecular complexity index is 231. The van der Waals surface area contributed by atoms with E-state index in [0.717, 1.165) is 0 Å². The van der Waals surface area contributed by atoms with Crippen molar-refractivity contribution < 1.29 is 4.79 Å². The van der Waals surface area contributed by atoms with Gasteiger partial charge in [0.1, 0.15) is 12.1 Å². The number of nitroso groups, excluding NO2 is 2. The summed E-state index contributed by atoms with van der Waals surface area (Å²) < 4.78 is 0. The van der Waals surface area contributed by atoms with E-state index in [1.807, 2.05) is 0 Å². The Morgan fingerprint density at radius 2 is 1.77 bits per heavy atom. The Morgan fingerprint density at radius 1 is 1.15 bits per heavy atom. The van der Waals surface area contributed by atoms with Crippen molar-refractivity contribution in [2.24, 2.45) is 22.0 Å². The number of primary amides is 1. The molecule has 0 heterocycles. The monoisotopic (exact) mass is 185 g/mol. The van der Waals surface area contributed by atoms with Gasteiger partial charge in [-0.25, -0.2) is 0 Å². The smallest absolute Gasteiger partial charge is 0.220 e. The molecule has 1 aliphatic rings. The SMILES string of the molecule is NC(=O)C1CCC(N=O)C(N=O)C1. The van der Waals surface area contributed by atoms with Crippen LogP contribution in [0, 0.1) is 15.7 Å². The van der Waals surface area contributed by atoms with Crippen LogP contribution in [0.1, 0.15) is 19.3 Å². The fraction of sp³-hybridized carbons (Fsp3) is 0.857. The Kier molecular flexibility index (Phi) is 3.05. The van der Waals surface area contributed by atoms with Crippen LogP contribution < -0.4 is 5.73 Å². The molecular weight excluding hydrogens is 174 g/mol. The molecule has 3 atom stereocenters. The standard InChI is InChI=1S/C7H11N3O3/c8-7(11)4-1-2-5(9-12)6(3-4)10-13/h4-6H,1-3H2,(H2,8,11). The molecule has 1 fully saturated rings. The van der Waals surface area contributed by atoms with E-state index in [9.17, 15) is 14.6 Å². The quantitative estimate of drug-likeness (QED) is 0.649. The number of hydrogen-bond acceptors (Lipinski definition) is 5. The minimum atomic E-state index is -0.677. The van der Waals surface area contributed by atoms with Crippen molar-refractivity contribution in [3.05, 3.63) is 9.81 Å². The maximum atomic E-state index is 10.8. The zero-order chi connectivity index (χ0) is 9.84. The van der Waals surface area contributed by atoms with Gasteiger partial charge in [-0.15, -0.1) is 0 Å². The van der Waals surface area contributed by atoms with E-state index in [2.05, 4.69) is 10.4 Å². The summed E-state index contributed by atoms with van der Waals surface area (Å²) in [6.07, 6.45) is 1.21. The van der Waals surface area contributed by atoms with Gasteiger partial charge in [-0.2, -0.15) is 9.81 Å². The van der Waals surface area contributed by atoms with Gasteiger partial charge >= 0.3 is 0 Å². The molecule has 0 bridgehead atoms. The lowest BCUT2D eigenvalue weighted by atomic mass is 9.83. The van der Waals surface area contributed by atoms with Crippen LogP contribution in [0.2, 0.25) is 0 Å². The molecule has 1 aliphatic carbocycles. The molecule has 6 heteroatoms. The number of carbonyl (C=O) groups is 1. The summed E-state index contributed by atoms with van der Waals surface area (Å²) >= 11 is 0. The van der Waals surface area contributed by atoms with Crippen LogP contribution in [0.15, 0.2) is 10.4 Å². The molecule has 13 heavy (non-hydrogen) atoms. The minimum absolute atomic E-state index is 0.259. The summed E-state index contributed by atoms with van der Waals surface area (Å²) in [5.74, 6) is -0.765. The second kappa shape index (κ2) is 4.06. The van der Waals surface area contributed by atoms with Crippen LogP contribution in [0.25, 0.3) is 0 Å². The molecule has 0 aliphatic heterocycles. The molecule has 2 N–H and O–H groups in total. The third kappa shape index (κ3) is 2.07. The highest BCUT2D eigenvalue weighted by molar-refractivity contribution is 5.76. The predicted molar refractivity (Wildman–Crippen MR) is 45.7 cm³/mol. The van der Waals surface area contributed by atoms with Crippen LogP contribution in [0.4, 0.5) is 0 Å². The van der Waals surface area contributed by atoms with Gasteiger partial charge in [0.15, 0.2) is 0 Å². The fourth-order valence-electron chi connectivity index (χ4n) is 1.63. The molecule has 1 saturated carbocycles. The van der Waals surface area contributed by atoms with Gasteiger partial charge in [-0.1, -0.05) is 10.4 Å². The van der Waals surface area contributed by atoms with Gasteiger partial charge in [0.2, 0.25) is 5.91 Å². The third-order valence-corrected chi connectivity index (χ3v) is 2.45. The van der Waals surface area contributed by atoms with Gasteiger partial charge in [0, 0.05) is 5.92 Å². The molecule has 1 amide bonds. The van der Waals surface area contributed by atoms with Crippen molar-refractivity contribution in [3.8, 4) is 0 Å². The first-order valence-corrected chi connectivity index (χ1v) is 4.13. The highest BCUT2D eigenvalue weighted by Crippen LogP contribution is 2.28. The van der Waals surface area contributed by atoms with Crippen molar-refractivity contribution in [1.82, 2.24) is 0 Å². The molecule has 1 rings (SSSR count). The molecule has 3 unspecified atom stereocenters. The van der Waals surface area contributed by atoms with Crippen LogP contribution in [-0.2, 0) is 4.79 Å². The summed E-state index contributed by atoms with van der Waals surface area (Å²) in [4.78, 5) is 31.3. The molecular formula is C7H11N3O3. The summed E-state index contributed by atoms with van der Waals surface area (Å²) in [5, 5.41) is 5.58. The first-order valence-electron chi connectivity index (χ1n) is 4.13. The van der Waals surface area contributed by atoms with E-state index in [1.165, 1.54) is 0 Å². The van der Waals surface area contributed by atoms with Gasteiger partial charge in [-0.05, 0) is 19.3 Å². The van der Waals surface area contributed by atoms with Crippen LogP contribution in [-0.4, -0.2) is 18.0 Å². The number of hydrogen-bond donors (Lipinski definition) is 1. The average Bonchev–Trinajstić information content (AvgIpc) is 2.16. The van der Waals surface area contributed by atoms with Crippen molar-refractivity contribution in [2.45, 2.75) is 31.3 Å². The van der Waals surface area contributed by atoms with Crippen molar-refractivity contribution in [1.29, 1.82) is 0 Å². The molecule has 6 nitrogen and oxygen atoms in total. The van der Waals surface area contributed by atoms with Gasteiger partial charge in [-0.3, -0.25) is 4.79 Å². The van der Waals surface area contributed by atoms with E-state index in [1.54, 1.807) is 0 Å². The predicted octanol–water partition coefficient (Wildman–Crippen LogP) is 0.542. The van der Waals surface area contributed by atoms with E-state index in [0.29, 0.717) is 12.8 Å². The second-order valence-electron chi connectivity index (χ2n) is 3.26. The molecule has 0 aromatic carbocycles. The number of rotatable bonds is 3. The van der Waals surface area contributed by atoms with Crippen molar-refractivity contribution in [3.63, 3.8) is 0 Å². The Hall–Kier alpha value is -1.33. The summed E-state index contributed by atoms with van der Waals surface area (Å²) in [6, 6.07) is -1.25. The molecule has 0 saturated heterocycles. The van der Waals surface area contributed by atoms with Crippen LogP contribution in [0.3, 0.4) is 0 Å². The highest BCUT2D eigenvalue weighted by atomic mass is 16.3. The lowest BCUT2D eigenvalue weighted by Crippen LogP contribution is -2.36. The van der Waals surface area contributed by atoms with Crippen LogP contribution in [0.5, 0.6) is 0 Å².